The minimum absolute atomic E-state index is 0.0221. The summed E-state index contributed by atoms with van der Waals surface area (Å²) in [5.74, 6) is -0.736. The highest BCUT2D eigenvalue weighted by Crippen LogP contribution is 2.27. The number of halogens is 3. The molecule has 0 amide bonds. The largest absolute Gasteiger partial charge is 0.453 e. The van der Waals surface area contributed by atoms with Crippen LogP contribution in [0.4, 0.5) is 13.2 Å². The SMILES string of the molecule is CC(C)CCc1nc(C(F)(F)F)nn1-c1ccc(S(C)(=O)=O)cn1. The van der Waals surface area contributed by atoms with Crippen LogP contribution in [0.3, 0.4) is 0 Å². The van der Waals surface area contributed by atoms with E-state index < -0.39 is 21.8 Å². The second-order valence-corrected chi connectivity index (χ2v) is 7.83. The molecule has 2 aromatic heterocycles. The first-order valence-electron chi connectivity index (χ1n) is 7.18. The molecule has 0 bridgehead atoms. The Morgan fingerprint density at radius 1 is 1.25 bits per heavy atom. The zero-order chi connectivity index (χ0) is 18.1. The van der Waals surface area contributed by atoms with Crippen LogP contribution in [0.2, 0.25) is 0 Å². The maximum atomic E-state index is 12.9. The predicted octanol–water partition coefficient (Wildman–Crippen LogP) is 2.67. The van der Waals surface area contributed by atoms with Crippen LogP contribution in [0.5, 0.6) is 0 Å². The third-order valence-corrected chi connectivity index (χ3v) is 4.34. The Balaban J connectivity index is 2.45. The van der Waals surface area contributed by atoms with Gasteiger partial charge in [-0.2, -0.15) is 17.9 Å². The zero-order valence-electron chi connectivity index (χ0n) is 13.4. The number of hydrogen-bond acceptors (Lipinski definition) is 5. The zero-order valence-corrected chi connectivity index (χ0v) is 14.2. The lowest BCUT2D eigenvalue weighted by Gasteiger charge is -2.07. The summed E-state index contributed by atoms with van der Waals surface area (Å²) in [6.45, 7) is 3.90. The highest BCUT2D eigenvalue weighted by atomic mass is 32.2. The van der Waals surface area contributed by atoms with Crippen LogP contribution in [0.15, 0.2) is 23.2 Å². The van der Waals surface area contributed by atoms with Crippen molar-refractivity contribution in [3.05, 3.63) is 30.0 Å². The minimum atomic E-state index is -4.66. The van der Waals surface area contributed by atoms with Gasteiger partial charge >= 0.3 is 6.18 Å². The third-order valence-electron chi connectivity index (χ3n) is 3.24. The molecule has 0 aliphatic heterocycles. The standard InChI is InChI=1S/C14H17F3N4O2S/c1-9(2)4-6-12-19-13(14(15,16)17)20-21(12)11-7-5-10(8-18-11)24(3,22)23/h5,7-9H,4,6H2,1-3H3. The number of sulfone groups is 1. The van der Waals surface area contributed by atoms with Crippen molar-refractivity contribution in [1.82, 2.24) is 19.7 Å². The number of alkyl halides is 3. The van der Waals surface area contributed by atoms with Crippen LogP contribution in [0, 0.1) is 5.92 Å². The van der Waals surface area contributed by atoms with E-state index in [0.717, 1.165) is 17.1 Å². The van der Waals surface area contributed by atoms with E-state index in [-0.39, 0.29) is 22.5 Å². The van der Waals surface area contributed by atoms with Gasteiger partial charge in [0.15, 0.2) is 15.7 Å². The Morgan fingerprint density at radius 3 is 2.38 bits per heavy atom. The van der Waals surface area contributed by atoms with Crippen molar-refractivity contribution in [2.45, 2.75) is 37.8 Å². The smallest absolute Gasteiger partial charge is 0.236 e. The summed E-state index contributed by atoms with van der Waals surface area (Å²) in [5.41, 5.74) is 0. The van der Waals surface area contributed by atoms with E-state index in [2.05, 4.69) is 15.1 Å². The molecule has 0 atom stereocenters. The maximum Gasteiger partial charge on any atom is 0.453 e. The predicted molar refractivity (Wildman–Crippen MR) is 80.4 cm³/mol. The van der Waals surface area contributed by atoms with Gasteiger partial charge in [-0.3, -0.25) is 0 Å². The van der Waals surface area contributed by atoms with Gasteiger partial charge in [0.25, 0.3) is 5.82 Å². The Labute approximate surface area is 137 Å². The first-order chi connectivity index (χ1) is 11.0. The lowest BCUT2D eigenvalue weighted by atomic mass is 10.1. The van der Waals surface area contributed by atoms with Gasteiger partial charge in [-0.05, 0) is 24.5 Å². The van der Waals surface area contributed by atoms with Crippen molar-refractivity contribution >= 4 is 9.84 Å². The fraction of sp³-hybridized carbons (Fsp3) is 0.500. The second kappa shape index (κ2) is 6.50. The molecule has 132 valence electrons. The molecule has 0 saturated carbocycles. The Bertz CT molecular complexity index is 812. The van der Waals surface area contributed by atoms with E-state index in [9.17, 15) is 21.6 Å². The Kier molecular flexibility index (Phi) is 4.97. The van der Waals surface area contributed by atoms with Crippen LogP contribution in [0.1, 0.15) is 31.9 Å². The summed E-state index contributed by atoms with van der Waals surface area (Å²) >= 11 is 0. The first-order valence-corrected chi connectivity index (χ1v) is 9.07. The summed E-state index contributed by atoms with van der Waals surface area (Å²) in [6, 6.07) is 2.59. The summed E-state index contributed by atoms with van der Waals surface area (Å²) in [4.78, 5) is 7.46. The van der Waals surface area contributed by atoms with Gasteiger partial charge < -0.3 is 0 Å². The van der Waals surface area contributed by atoms with E-state index in [4.69, 9.17) is 0 Å². The molecule has 0 spiro atoms. The first kappa shape index (κ1) is 18.4. The lowest BCUT2D eigenvalue weighted by molar-refractivity contribution is -0.144. The normalized spacial score (nSPS) is 12.8. The molecule has 2 heterocycles. The minimum Gasteiger partial charge on any atom is -0.236 e. The van der Waals surface area contributed by atoms with Crippen LogP contribution in [-0.4, -0.2) is 34.4 Å². The van der Waals surface area contributed by atoms with Crippen molar-refractivity contribution in [1.29, 1.82) is 0 Å². The number of rotatable bonds is 5. The van der Waals surface area contributed by atoms with Crippen molar-refractivity contribution in [2.24, 2.45) is 5.92 Å². The number of pyridine rings is 1. The molecule has 0 aromatic carbocycles. The fourth-order valence-electron chi connectivity index (χ4n) is 1.94. The van der Waals surface area contributed by atoms with Crippen LogP contribution in [-0.2, 0) is 22.4 Å². The molecule has 0 unspecified atom stereocenters. The number of aryl methyl sites for hydroxylation is 1. The highest BCUT2D eigenvalue weighted by Gasteiger charge is 2.37. The van der Waals surface area contributed by atoms with Gasteiger partial charge in [0.2, 0.25) is 0 Å². The molecule has 0 saturated heterocycles. The summed E-state index contributed by atoms with van der Waals surface area (Å²) < 4.78 is 62.5. The lowest BCUT2D eigenvalue weighted by Crippen LogP contribution is -2.09. The van der Waals surface area contributed by atoms with Gasteiger partial charge in [-0.15, -0.1) is 5.10 Å². The van der Waals surface area contributed by atoms with Crippen LogP contribution < -0.4 is 0 Å². The molecule has 0 aliphatic rings. The fourth-order valence-corrected chi connectivity index (χ4v) is 2.50. The van der Waals surface area contributed by atoms with E-state index >= 15 is 0 Å². The topological polar surface area (TPSA) is 77.7 Å². The van der Waals surface area contributed by atoms with Crippen molar-refractivity contribution in [2.75, 3.05) is 6.26 Å². The molecule has 0 N–H and O–H groups in total. The van der Waals surface area contributed by atoms with E-state index in [1.807, 2.05) is 13.8 Å². The molecule has 6 nitrogen and oxygen atoms in total. The van der Waals surface area contributed by atoms with Gasteiger partial charge in [0.05, 0.1) is 4.90 Å². The van der Waals surface area contributed by atoms with Gasteiger partial charge in [-0.25, -0.2) is 18.4 Å². The molecule has 2 aromatic rings. The van der Waals surface area contributed by atoms with E-state index in [1.165, 1.54) is 12.1 Å². The molecular formula is C14H17F3N4O2S. The van der Waals surface area contributed by atoms with Crippen molar-refractivity contribution < 1.29 is 21.6 Å². The molecular weight excluding hydrogens is 345 g/mol. The monoisotopic (exact) mass is 362 g/mol. The highest BCUT2D eigenvalue weighted by molar-refractivity contribution is 7.90. The van der Waals surface area contributed by atoms with Gasteiger partial charge in [0, 0.05) is 18.9 Å². The van der Waals surface area contributed by atoms with Crippen molar-refractivity contribution in [3.63, 3.8) is 0 Å². The summed E-state index contributed by atoms with van der Waals surface area (Å²) in [5, 5.41) is 3.49. The van der Waals surface area contributed by atoms with Crippen LogP contribution in [0.25, 0.3) is 5.82 Å². The van der Waals surface area contributed by atoms with E-state index in [1.54, 1.807) is 0 Å². The number of aromatic nitrogens is 4. The molecule has 24 heavy (non-hydrogen) atoms. The Hall–Kier alpha value is -1.97. The summed E-state index contributed by atoms with van der Waals surface area (Å²) in [7, 11) is -3.44. The van der Waals surface area contributed by atoms with E-state index in [0.29, 0.717) is 12.8 Å². The Morgan fingerprint density at radius 2 is 1.92 bits per heavy atom. The second-order valence-electron chi connectivity index (χ2n) is 5.82. The van der Waals surface area contributed by atoms with Gasteiger partial charge in [-0.1, -0.05) is 13.8 Å². The average molecular weight is 362 g/mol. The van der Waals surface area contributed by atoms with Crippen LogP contribution >= 0.6 is 0 Å². The number of hydrogen-bond donors (Lipinski definition) is 0. The number of nitrogens with zero attached hydrogens (tertiary/aromatic N) is 4. The molecule has 10 heteroatoms. The quantitative estimate of drug-likeness (QED) is 0.817. The maximum absolute atomic E-state index is 12.9. The summed E-state index contributed by atoms with van der Waals surface area (Å²) in [6.07, 6.45) is -1.61. The average Bonchev–Trinajstić information content (AvgIpc) is 2.88. The third kappa shape index (κ3) is 4.31. The molecule has 0 fully saturated rings. The molecule has 0 aliphatic carbocycles. The van der Waals surface area contributed by atoms with Crippen molar-refractivity contribution in [3.8, 4) is 5.82 Å². The molecule has 0 radical (unpaired) electrons. The molecule has 2 rings (SSSR count). The van der Waals surface area contributed by atoms with Gasteiger partial charge in [0.1, 0.15) is 5.82 Å².